The number of nitrogens with zero attached hydrogens (tertiary/aromatic N) is 1. The second kappa shape index (κ2) is 9.61. The summed E-state index contributed by atoms with van der Waals surface area (Å²) in [7, 11) is 0. The van der Waals surface area contributed by atoms with Crippen LogP contribution in [0.4, 0.5) is 0 Å². The van der Waals surface area contributed by atoms with Crippen LogP contribution >= 0.6 is 0 Å². The summed E-state index contributed by atoms with van der Waals surface area (Å²) in [5, 5.41) is 0. The lowest BCUT2D eigenvalue weighted by molar-refractivity contribution is 0.271. The number of hydrogen-bond donors (Lipinski definition) is 0. The maximum absolute atomic E-state index is 2.61. The zero-order valence-electron chi connectivity index (χ0n) is 17.4. The van der Waals surface area contributed by atoms with Gasteiger partial charge in [-0.3, -0.25) is 0 Å². The molecule has 0 aliphatic heterocycles. The van der Waals surface area contributed by atoms with Crippen molar-refractivity contribution in [2.45, 2.75) is 86.0 Å². The Labute approximate surface area is 151 Å². The van der Waals surface area contributed by atoms with Crippen LogP contribution in [0.25, 0.3) is 0 Å². The van der Waals surface area contributed by atoms with Crippen LogP contribution in [0, 0.1) is 5.41 Å². The quantitative estimate of drug-likeness (QED) is 0.476. The maximum atomic E-state index is 2.61. The zero-order valence-corrected chi connectivity index (χ0v) is 17.4. The van der Waals surface area contributed by atoms with E-state index in [4.69, 9.17) is 0 Å². The predicted octanol–water partition coefficient (Wildman–Crippen LogP) is 6.46. The lowest BCUT2D eigenvalue weighted by Crippen LogP contribution is -2.26. The van der Waals surface area contributed by atoms with Crippen molar-refractivity contribution in [2.75, 3.05) is 19.6 Å². The first-order chi connectivity index (χ1) is 11.2. The second-order valence-corrected chi connectivity index (χ2v) is 9.26. The summed E-state index contributed by atoms with van der Waals surface area (Å²) >= 11 is 0. The summed E-state index contributed by atoms with van der Waals surface area (Å²) in [6.07, 6.45) is 6.20. The molecule has 0 spiro atoms. The van der Waals surface area contributed by atoms with Gasteiger partial charge in [0.1, 0.15) is 0 Å². The van der Waals surface area contributed by atoms with Gasteiger partial charge >= 0.3 is 0 Å². The van der Waals surface area contributed by atoms with Crippen molar-refractivity contribution in [3.05, 3.63) is 35.4 Å². The third kappa shape index (κ3) is 7.83. The Morgan fingerprint density at radius 1 is 0.792 bits per heavy atom. The molecular weight excluding hydrogens is 290 g/mol. The van der Waals surface area contributed by atoms with Crippen molar-refractivity contribution in [2.24, 2.45) is 5.41 Å². The monoisotopic (exact) mass is 331 g/mol. The third-order valence-corrected chi connectivity index (χ3v) is 4.73. The molecular formula is C23H41N. The molecule has 0 aromatic heterocycles. The van der Waals surface area contributed by atoms with Gasteiger partial charge in [0.05, 0.1) is 0 Å². The van der Waals surface area contributed by atoms with Crippen molar-refractivity contribution in [3.8, 4) is 0 Å². The first-order valence-electron chi connectivity index (χ1n) is 9.99. The van der Waals surface area contributed by atoms with Crippen molar-refractivity contribution < 1.29 is 0 Å². The molecule has 0 aliphatic carbocycles. The molecule has 0 aliphatic rings. The number of rotatable bonds is 10. The minimum atomic E-state index is 0.246. The van der Waals surface area contributed by atoms with Crippen LogP contribution in [0.2, 0.25) is 0 Å². The fourth-order valence-electron chi connectivity index (χ4n) is 4.03. The highest BCUT2D eigenvalue weighted by molar-refractivity contribution is 5.28. The lowest BCUT2D eigenvalue weighted by Gasteiger charge is -2.33. The van der Waals surface area contributed by atoms with E-state index in [0.717, 1.165) is 0 Å². The average Bonchev–Trinajstić information content (AvgIpc) is 2.46. The number of aryl methyl sites for hydroxylation is 1. The molecule has 0 saturated carbocycles. The van der Waals surface area contributed by atoms with Gasteiger partial charge in [-0.2, -0.15) is 0 Å². The van der Waals surface area contributed by atoms with E-state index in [1.54, 1.807) is 0 Å². The predicted molar refractivity (Wildman–Crippen MR) is 109 cm³/mol. The number of hydrogen-bond acceptors (Lipinski definition) is 1. The average molecular weight is 332 g/mol. The smallest absolute Gasteiger partial charge is 0.00156 e. The highest BCUT2D eigenvalue weighted by Gasteiger charge is 2.26. The number of benzene rings is 1. The summed E-state index contributed by atoms with van der Waals surface area (Å²) in [5.41, 5.74) is 3.57. The van der Waals surface area contributed by atoms with E-state index in [1.165, 1.54) is 62.9 Å². The molecule has 0 amide bonds. The topological polar surface area (TPSA) is 3.24 Å². The standard InChI is InChI=1S/C23H41N/c1-8-16-24(17-9-2)18-10-11-20-12-14-21(15-13-20)23(6,7)19-22(3,4)5/h12-15H,8-11,16-19H2,1-7H3. The van der Waals surface area contributed by atoms with E-state index in [0.29, 0.717) is 5.41 Å². The van der Waals surface area contributed by atoms with E-state index in [9.17, 15) is 0 Å². The SMILES string of the molecule is CCCN(CCC)CCCc1ccc(C(C)(C)CC(C)(C)C)cc1. The Morgan fingerprint density at radius 3 is 1.79 bits per heavy atom. The highest BCUT2D eigenvalue weighted by Crippen LogP contribution is 2.36. The van der Waals surface area contributed by atoms with Gasteiger partial charge in [-0.1, -0.05) is 72.7 Å². The molecule has 24 heavy (non-hydrogen) atoms. The van der Waals surface area contributed by atoms with Gasteiger partial charge in [-0.05, 0) is 73.7 Å². The minimum absolute atomic E-state index is 0.246. The Morgan fingerprint density at radius 2 is 1.33 bits per heavy atom. The molecule has 1 aromatic carbocycles. The van der Waals surface area contributed by atoms with Gasteiger partial charge < -0.3 is 4.90 Å². The van der Waals surface area contributed by atoms with E-state index < -0.39 is 0 Å². The van der Waals surface area contributed by atoms with Crippen LogP contribution in [0.15, 0.2) is 24.3 Å². The van der Waals surface area contributed by atoms with Gasteiger partial charge in [0, 0.05) is 0 Å². The maximum Gasteiger partial charge on any atom is -0.00156 e. The molecule has 0 atom stereocenters. The molecule has 1 aromatic rings. The van der Waals surface area contributed by atoms with Gasteiger partial charge in [-0.25, -0.2) is 0 Å². The molecule has 1 rings (SSSR count). The zero-order chi connectivity index (χ0) is 18.2. The summed E-state index contributed by atoms with van der Waals surface area (Å²) in [5.74, 6) is 0. The van der Waals surface area contributed by atoms with Crippen molar-refractivity contribution in [1.82, 2.24) is 4.90 Å². The fourth-order valence-corrected chi connectivity index (χ4v) is 4.03. The molecule has 0 unspecified atom stereocenters. The van der Waals surface area contributed by atoms with Gasteiger partial charge in [0.2, 0.25) is 0 Å². The highest BCUT2D eigenvalue weighted by atomic mass is 15.1. The molecule has 0 heterocycles. The normalized spacial score (nSPS) is 12.8. The van der Waals surface area contributed by atoms with Crippen molar-refractivity contribution >= 4 is 0 Å². The fraction of sp³-hybridized carbons (Fsp3) is 0.739. The van der Waals surface area contributed by atoms with Crippen LogP contribution in [0.1, 0.15) is 85.3 Å². The first kappa shape index (κ1) is 21.2. The van der Waals surface area contributed by atoms with E-state index >= 15 is 0 Å². The van der Waals surface area contributed by atoms with Crippen molar-refractivity contribution in [3.63, 3.8) is 0 Å². The largest absolute Gasteiger partial charge is 0.303 e. The van der Waals surface area contributed by atoms with E-state index in [1.807, 2.05) is 0 Å². The van der Waals surface area contributed by atoms with Gasteiger partial charge in [0.25, 0.3) is 0 Å². The lowest BCUT2D eigenvalue weighted by atomic mass is 9.72. The van der Waals surface area contributed by atoms with Gasteiger partial charge in [0.15, 0.2) is 0 Å². The third-order valence-electron chi connectivity index (χ3n) is 4.73. The van der Waals surface area contributed by atoms with Crippen LogP contribution in [0.3, 0.4) is 0 Å². The summed E-state index contributed by atoms with van der Waals surface area (Å²) in [6.45, 7) is 20.0. The van der Waals surface area contributed by atoms with Crippen LogP contribution in [-0.4, -0.2) is 24.5 Å². The molecule has 0 saturated heterocycles. The Bertz CT molecular complexity index is 444. The van der Waals surface area contributed by atoms with E-state index in [-0.39, 0.29) is 5.41 Å². The molecule has 0 radical (unpaired) electrons. The second-order valence-electron chi connectivity index (χ2n) is 9.26. The molecule has 138 valence electrons. The molecule has 0 N–H and O–H groups in total. The summed E-state index contributed by atoms with van der Waals surface area (Å²) in [6, 6.07) is 9.42. The molecule has 1 heteroatoms. The van der Waals surface area contributed by atoms with E-state index in [2.05, 4.69) is 77.6 Å². The first-order valence-corrected chi connectivity index (χ1v) is 9.99. The van der Waals surface area contributed by atoms with Crippen LogP contribution in [0.5, 0.6) is 0 Å². The minimum Gasteiger partial charge on any atom is -0.303 e. The Balaban J connectivity index is 2.55. The van der Waals surface area contributed by atoms with Gasteiger partial charge in [-0.15, -0.1) is 0 Å². The Kier molecular flexibility index (Phi) is 8.50. The summed E-state index contributed by atoms with van der Waals surface area (Å²) in [4.78, 5) is 2.61. The Hall–Kier alpha value is -0.820. The van der Waals surface area contributed by atoms with Crippen LogP contribution < -0.4 is 0 Å². The molecule has 1 nitrogen and oxygen atoms in total. The van der Waals surface area contributed by atoms with Crippen LogP contribution in [-0.2, 0) is 11.8 Å². The molecule has 0 bridgehead atoms. The molecule has 0 fully saturated rings. The van der Waals surface area contributed by atoms with Crippen molar-refractivity contribution in [1.29, 1.82) is 0 Å². The summed E-state index contributed by atoms with van der Waals surface area (Å²) < 4.78 is 0.